The van der Waals surface area contributed by atoms with Gasteiger partial charge in [-0.15, -0.1) is 0 Å². The highest BCUT2D eigenvalue weighted by molar-refractivity contribution is 5.89. The number of nitrogens with one attached hydrogen (secondary N) is 1. The van der Waals surface area contributed by atoms with Crippen LogP contribution in [-0.4, -0.2) is 43.0 Å². The van der Waals surface area contributed by atoms with Crippen LogP contribution in [0.2, 0.25) is 0 Å². The molecule has 2 amide bonds. The Morgan fingerprint density at radius 1 is 1.30 bits per heavy atom. The van der Waals surface area contributed by atoms with E-state index in [-0.39, 0.29) is 17.7 Å². The van der Waals surface area contributed by atoms with Crippen molar-refractivity contribution in [1.29, 1.82) is 0 Å². The van der Waals surface area contributed by atoms with Crippen molar-refractivity contribution in [3.05, 3.63) is 29.8 Å². The molecular weight excluding hydrogens is 292 g/mol. The number of benzene rings is 1. The Morgan fingerprint density at radius 3 is 2.65 bits per heavy atom. The third kappa shape index (κ3) is 4.98. The Labute approximate surface area is 138 Å². The summed E-state index contributed by atoms with van der Waals surface area (Å²) in [4.78, 5) is 25.5. The van der Waals surface area contributed by atoms with Gasteiger partial charge in [-0.3, -0.25) is 9.59 Å². The highest BCUT2D eigenvalue weighted by Crippen LogP contribution is 2.17. The molecule has 5 nitrogen and oxygen atoms in total. The molecule has 1 saturated heterocycles. The second-order valence-corrected chi connectivity index (χ2v) is 5.80. The first-order chi connectivity index (χ1) is 11.1. The van der Waals surface area contributed by atoms with E-state index < -0.39 is 0 Å². The molecule has 0 aromatic heterocycles. The Bertz CT molecular complexity index is 528. The summed E-state index contributed by atoms with van der Waals surface area (Å²) < 4.78 is 5.41. The third-order valence-electron chi connectivity index (χ3n) is 4.14. The topological polar surface area (TPSA) is 58.6 Å². The van der Waals surface area contributed by atoms with E-state index in [0.29, 0.717) is 32.7 Å². The molecule has 0 bridgehead atoms. The minimum Gasteiger partial charge on any atom is -0.494 e. The van der Waals surface area contributed by atoms with Crippen LogP contribution in [0.3, 0.4) is 0 Å². The first-order valence-electron chi connectivity index (χ1n) is 8.41. The van der Waals surface area contributed by atoms with Crippen LogP contribution in [-0.2, 0) is 16.0 Å². The highest BCUT2D eigenvalue weighted by Gasteiger charge is 2.32. The molecule has 1 fully saturated rings. The molecule has 1 aliphatic heterocycles. The average Bonchev–Trinajstić information content (AvgIpc) is 2.94. The number of carbonyl (C=O) groups excluding carboxylic acids is 2. The fourth-order valence-electron chi connectivity index (χ4n) is 2.82. The van der Waals surface area contributed by atoms with Gasteiger partial charge in [0, 0.05) is 26.1 Å². The van der Waals surface area contributed by atoms with Crippen LogP contribution < -0.4 is 10.1 Å². The summed E-state index contributed by atoms with van der Waals surface area (Å²) in [6.45, 7) is 6.46. The van der Waals surface area contributed by atoms with Gasteiger partial charge in [0.25, 0.3) is 0 Å². The number of aryl methyl sites for hydroxylation is 1. The van der Waals surface area contributed by atoms with Crippen LogP contribution >= 0.6 is 0 Å². The van der Waals surface area contributed by atoms with Crippen LogP contribution in [0.1, 0.15) is 32.3 Å². The van der Waals surface area contributed by atoms with E-state index in [1.54, 1.807) is 4.90 Å². The zero-order valence-electron chi connectivity index (χ0n) is 14.0. The van der Waals surface area contributed by atoms with E-state index in [1.165, 1.54) is 5.56 Å². The molecular formula is C18H26N2O3. The van der Waals surface area contributed by atoms with E-state index in [2.05, 4.69) is 17.4 Å². The molecule has 1 heterocycles. The number of amides is 2. The maximum atomic E-state index is 12.1. The van der Waals surface area contributed by atoms with Crippen molar-refractivity contribution in [2.75, 3.05) is 26.2 Å². The van der Waals surface area contributed by atoms with Gasteiger partial charge in [-0.2, -0.15) is 0 Å². The zero-order chi connectivity index (χ0) is 16.7. The van der Waals surface area contributed by atoms with Crippen LogP contribution in [0.5, 0.6) is 5.75 Å². The van der Waals surface area contributed by atoms with E-state index in [0.717, 1.165) is 18.6 Å². The number of likely N-dealkylation sites (tertiary alicyclic amines) is 1. The molecule has 1 aromatic rings. The first-order valence-corrected chi connectivity index (χ1v) is 8.41. The second-order valence-electron chi connectivity index (χ2n) is 5.80. The van der Waals surface area contributed by atoms with Crippen LogP contribution in [0.4, 0.5) is 0 Å². The summed E-state index contributed by atoms with van der Waals surface area (Å²) in [5, 5.41) is 2.95. The van der Waals surface area contributed by atoms with E-state index in [4.69, 9.17) is 4.74 Å². The molecule has 5 heteroatoms. The normalized spacial score (nSPS) is 17.4. The average molecular weight is 318 g/mol. The van der Waals surface area contributed by atoms with Gasteiger partial charge >= 0.3 is 0 Å². The SMILES string of the molecule is CCOc1ccc(CCCNC(=O)[C@@H]2CC(=O)N(CC)C2)cc1. The van der Waals surface area contributed by atoms with Gasteiger partial charge < -0.3 is 15.0 Å². The standard InChI is InChI=1S/C18H26N2O3/c1-3-20-13-15(12-17(20)21)18(22)19-11-5-6-14-7-9-16(10-8-14)23-4-2/h7-10,15H,3-6,11-13H2,1-2H3,(H,19,22)/t15-/m1/s1. The van der Waals surface area contributed by atoms with Crippen LogP contribution in [0.15, 0.2) is 24.3 Å². The monoisotopic (exact) mass is 318 g/mol. The molecule has 1 N–H and O–H groups in total. The molecule has 0 unspecified atom stereocenters. The second kappa shape index (κ2) is 8.56. The Hall–Kier alpha value is -2.04. The predicted molar refractivity (Wildman–Crippen MR) is 89.3 cm³/mol. The highest BCUT2D eigenvalue weighted by atomic mass is 16.5. The summed E-state index contributed by atoms with van der Waals surface area (Å²) in [6, 6.07) is 8.06. The fraction of sp³-hybridized carbons (Fsp3) is 0.556. The summed E-state index contributed by atoms with van der Waals surface area (Å²) in [5.74, 6) is 0.784. The first kappa shape index (κ1) is 17.3. The lowest BCUT2D eigenvalue weighted by Gasteiger charge is -2.13. The smallest absolute Gasteiger partial charge is 0.225 e. The van der Waals surface area contributed by atoms with Crippen molar-refractivity contribution in [3.63, 3.8) is 0 Å². The van der Waals surface area contributed by atoms with Crippen LogP contribution in [0.25, 0.3) is 0 Å². The van der Waals surface area contributed by atoms with E-state index in [1.807, 2.05) is 26.0 Å². The minimum atomic E-state index is -0.187. The molecule has 0 radical (unpaired) electrons. The van der Waals surface area contributed by atoms with Crippen molar-refractivity contribution in [2.24, 2.45) is 5.92 Å². The maximum Gasteiger partial charge on any atom is 0.225 e. The molecule has 126 valence electrons. The van der Waals surface area contributed by atoms with Crippen LogP contribution in [0, 0.1) is 5.92 Å². The van der Waals surface area contributed by atoms with Gasteiger partial charge in [-0.1, -0.05) is 12.1 Å². The number of hydrogen-bond acceptors (Lipinski definition) is 3. The maximum absolute atomic E-state index is 12.1. The molecule has 1 atom stereocenters. The van der Waals surface area contributed by atoms with Gasteiger partial charge in [0.15, 0.2) is 0 Å². The number of ether oxygens (including phenoxy) is 1. The zero-order valence-corrected chi connectivity index (χ0v) is 14.0. The summed E-state index contributed by atoms with van der Waals surface area (Å²) in [5.41, 5.74) is 1.23. The van der Waals surface area contributed by atoms with Crippen molar-refractivity contribution in [1.82, 2.24) is 10.2 Å². The minimum absolute atomic E-state index is 0.000920. The van der Waals surface area contributed by atoms with Gasteiger partial charge in [0.2, 0.25) is 11.8 Å². The van der Waals surface area contributed by atoms with Gasteiger partial charge in [0.05, 0.1) is 12.5 Å². The Kier molecular flexibility index (Phi) is 6.44. The quantitative estimate of drug-likeness (QED) is 0.746. The van der Waals surface area contributed by atoms with Crippen molar-refractivity contribution in [2.45, 2.75) is 33.1 Å². The number of rotatable bonds is 8. The lowest BCUT2D eigenvalue weighted by atomic mass is 10.1. The lowest BCUT2D eigenvalue weighted by molar-refractivity contribution is -0.128. The lowest BCUT2D eigenvalue weighted by Crippen LogP contribution is -2.33. The largest absolute Gasteiger partial charge is 0.494 e. The third-order valence-corrected chi connectivity index (χ3v) is 4.14. The molecule has 1 aliphatic rings. The predicted octanol–water partition coefficient (Wildman–Crippen LogP) is 2.00. The summed E-state index contributed by atoms with van der Waals surface area (Å²) >= 11 is 0. The van der Waals surface area contributed by atoms with Crippen molar-refractivity contribution in [3.8, 4) is 5.75 Å². The van der Waals surface area contributed by atoms with E-state index >= 15 is 0 Å². The molecule has 0 aliphatic carbocycles. The van der Waals surface area contributed by atoms with Gasteiger partial charge in [-0.25, -0.2) is 0 Å². The van der Waals surface area contributed by atoms with Gasteiger partial charge in [0.1, 0.15) is 5.75 Å². The van der Waals surface area contributed by atoms with Gasteiger partial charge in [-0.05, 0) is 44.4 Å². The molecule has 2 rings (SSSR count). The van der Waals surface area contributed by atoms with Crippen molar-refractivity contribution >= 4 is 11.8 Å². The number of carbonyl (C=O) groups is 2. The number of hydrogen-bond donors (Lipinski definition) is 1. The van der Waals surface area contributed by atoms with E-state index in [9.17, 15) is 9.59 Å². The summed E-state index contributed by atoms with van der Waals surface area (Å²) in [7, 11) is 0. The number of nitrogens with zero attached hydrogens (tertiary/aromatic N) is 1. The van der Waals surface area contributed by atoms with Crippen molar-refractivity contribution < 1.29 is 14.3 Å². The molecule has 23 heavy (non-hydrogen) atoms. The Morgan fingerprint density at radius 2 is 2.04 bits per heavy atom. The molecule has 0 spiro atoms. The molecule has 0 saturated carbocycles. The Balaban J connectivity index is 1.67. The molecule has 1 aromatic carbocycles. The summed E-state index contributed by atoms with van der Waals surface area (Å²) in [6.07, 6.45) is 2.15. The fourth-order valence-corrected chi connectivity index (χ4v) is 2.82.